The first-order chi connectivity index (χ1) is 9.28. The van der Waals surface area contributed by atoms with Gasteiger partial charge in [0.05, 0.1) is 7.11 Å². The molecule has 2 N–H and O–H groups in total. The summed E-state index contributed by atoms with van der Waals surface area (Å²) in [7, 11) is 1.67. The van der Waals surface area contributed by atoms with Gasteiger partial charge >= 0.3 is 0 Å². The second-order valence-electron chi connectivity index (χ2n) is 4.62. The first kappa shape index (κ1) is 12.3. The van der Waals surface area contributed by atoms with E-state index in [2.05, 4.69) is 10.2 Å². The summed E-state index contributed by atoms with van der Waals surface area (Å²) in [6, 6.07) is 8.01. The molecule has 0 radical (unpaired) electrons. The number of hydrogen-bond donors (Lipinski definition) is 1. The summed E-state index contributed by atoms with van der Waals surface area (Å²) in [6.07, 6.45) is 2.36. The average molecular weight is 276 g/mol. The Kier molecular flexibility index (Phi) is 3.33. The molecule has 0 atom stereocenters. The summed E-state index contributed by atoms with van der Waals surface area (Å²) < 4.78 is 6.77. The zero-order valence-electron chi connectivity index (χ0n) is 10.7. The quantitative estimate of drug-likeness (QED) is 0.669. The lowest BCUT2D eigenvalue weighted by Gasteiger charge is -2.04. The third kappa shape index (κ3) is 2.68. The lowest BCUT2D eigenvalue weighted by molar-refractivity contribution is 0.414. The molecular weight excluding hydrogens is 260 g/mol. The van der Waals surface area contributed by atoms with Gasteiger partial charge in [-0.1, -0.05) is 23.9 Å². The number of rotatable bonds is 5. The summed E-state index contributed by atoms with van der Waals surface area (Å²) in [4.78, 5) is 0. The van der Waals surface area contributed by atoms with Gasteiger partial charge in [-0.25, -0.2) is 4.68 Å². The van der Waals surface area contributed by atoms with E-state index in [0.29, 0.717) is 5.92 Å². The molecule has 1 aliphatic carbocycles. The van der Waals surface area contributed by atoms with E-state index in [1.807, 2.05) is 24.3 Å². The predicted molar refractivity (Wildman–Crippen MR) is 74.7 cm³/mol. The van der Waals surface area contributed by atoms with Crippen LogP contribution in [0.5, 0.6) is 5.75 Å². The lowest BCUT2D eigenvalue weighted by Crippen LogP contribution is -2.13. The van der Waals surface area contributed by atoms with Gasteiger partial charge in [0.1, 0.15) is 5.75 Å². The van der Waals surface area contributed by atoms with Crippen LogP contribution in [0.25, 0.3) is 0 Å². The Morgan fingerprint density at radius 2 is 2.05 bits per heavy atom. The number of aromatic nitrogens is 3. The van der Waals surface area contributed by atoms with Gasteiger partial charge in [-0.05, 0) is 30.5 Å². The summed E-state index contributed by atoms with van der Waals surface area (Å²) in [5.74, 6) is 9.13. The highest BCUT2D eigenvalue weighted by atomic mass is 32.2. The van der Waals surface area contributed by atoms with E-state index in [9.17, 15) is 0 Å². The summed E-state index contributed by atoms with van der Waals surface area (Å²) >= 11 is 1.60. The number of methoxy groups -OCH3 is 1. The van der Waals surface area contributed by atoms with Crippen molar-refractivity contribution in [2.45, 2.75) is 29.7 Å². The van der Waals surface area contributed by atoms with Crippen LogP contribution >= 0.6 is 11.8 Å². The average Bonchev–Trinajstić information content (AvgIpc) is 3.22. The minimum absolute atomic E-state index is 0.521. The molecule has 0 amide bonds. The van der Waals surface area contributed by atoms with Crippen LogP contribution in [0, 0.1) is 0 Å². The number of ether oxygens (including phenoxy) is 1. The number of hydrogen-bond acceptors (Lipinski definition) is 5. The third-order valence-corrected chi connectivity index (χ3v) is 4.17. The molecule has 6 heteroatoms. The van der Waals surface area contributed by atoms with E-state index in [1.165, 1.54) is 18.4 Å². The summed E-state index contributed by atoms with van der Waals surface area (Å²) in [5, 5.41) is 9.09. The normalized spacial score (nSPS) is 14.6. The first-order valence-corrected chi connectivity index (χ1v) is 7.22. The molecule has 3 rings (SSSR count). The number of thioether (sulfide) groups is 1. The van der Waals surface area contributed by atoms with Gasteiger partial charge in [-0.2, -0.15) is 0 Å². The molecule has 100 valence electrons. The summed E-state index contributed by atoms with van der Waals surface area (Å²) in [6.45, 7) is 0. The van der Waals surface area contributed by atoms with E-state index in [1.54, 1.807) is 23.5 Å². The standard InChI is InChI=1S/C13H16N4OS/c1-18-11-6-2-9(3-7-11)8-19-13-16-15-12(17(13)14)10-4-5-10/h2-3,6-7,10H,4-5,8,14H2,1H3. The van der Waals surface area contributed by atoms with Crippen molar-refractivity contribution in [3.8, 4) is 5.75 Å². The molecule has 0 spiro atoms. The Morgan fingerprint density at radius 1 is 1.32 bits per heavy atom. The highest BCUT2D eigenvalue weighted by molar-refractivity contribution is 7.98. The van der Waals surface area contributed by atoms with Crippen LogP contribution in [0.2, 0.25) is 0 Å². The second-order valence-corrected chi connectivity index (χ2v) is 5.56. The number of nitrogens with zero attached hydrogens (tertiary/aromatic N) is 3. The molecular formula is C13H16N4OS. The van der Waals surface area contributed by atoms with E-state index in [0.717, 1.165) is 22.5 Å². The maximum atomic E-state index is 6.00. The van der Waals surface area contributed by atoms with Gasteiger partial charge in [0, 0.05) is 11.7 Å². The van der Waals surface area contributed by atoms with Gasteiger partial charge in [-0.3, -0.25) is 0 Å². The molecule has 2 aromatic rings. The molecule has 1 aromatic carbocycles. The highest BCUT2D eigenvalue weighted by Gasteiger charge is 2.29. The maximum Gasteiger partial charge on any atom is 0.210 e. The van der Waals surface area contributed by atoms with Crippen LogP contribution in [-0.4, -0.2) is 22.0 Å². The Balaban J connectivity index is 1.64. The molecule has 19 heavy (non-hydrogen) atoms. The van der Waals surface area contributed by atoms with Crippen molar-refractivity contribution in [2.75, 3.05) is 13.0 Å². The SMILES string of the molecule is COc1ccc(CSc2nnc(C3CC3)n2N)cc1. The topological polar surface area (TPSA) is 66.0 Å². The van der Waals surface area contributed by atoms with Crippen molar-refractivity contribution in [1.82, 2.24) is 14.9 Å². The molecule has 0 aliphatic heterocycles. The summed E-state index contributed by atoms with van der Waals surface area (Å²) in [5.41, 5.74) is 1.21. The van der Waals surface area contributed by atoms with Crippen molar-refractivity contribution in [3.05, 3.63) is 35.7 Å². The van der Waals surface area contributed by atoms with Gasteiger partial charge < -0.3 is 10.6 Å². The van der Waals surface area contributed by atoms with E-state index in [4.69, 9.17) is 10.6 Å². The fourth-order valence-electron chi connectivity index (χ4n) is 1.88. The van der Waals surface area contributed by atoms with Gasteiger partial charge in [0.2, 0.25) is 5.16 Å². The highest BCUT2D eigenvalue weighted by Crippen LogP contribution is 2.39. The van der Waals surface area contributed by atoms with Crippen LogP contribution in [0.1, 0.15) is 30.1 Å². The third-order valence-electron chi connectivity index (χ3n) is 3.16. The van der Waals surface area contributed by atoms with Crippen LogP contribution in [-0.2, 0) is 5.75 Å². The smallest absolute Gasteiger partial charge is 0.210 e. The van der Waals surface area contributed by atoms with Gasteiger partial charge in [0.25, 0.3) is 0 Å². The van der Waals surface area contributed by atoms with Crippen LogP contribution in [0.4, 0.5) is 0 Å². The molecule has 0 bridgehead atoms. The minimum atomic E-state index is 0.521. The van der Waals surface area contributed by atoms with Crippen molar-refractivity contribution >= 4 is 11.8 Å². The largest absolute Gasteiger partial charge is 0.497 e. The number of nitrogens with two attached hydrogens (primary N) is 1. The minimum Gasteiger partial charge on any atom is -0.497 e. The van der Waals surface area contributed by atoms with Crippen molar-refractivity contribution in [3.63, 3.8) is 0 Å². The Morgan fingerprint density at radius 3 is 2.68 bits per heavy atom. The van der Waals surface area contributed by atoms with Crippen LogP contribution in [0.3, 0.4) is 0 Å². The molecule has 1 saturated carbocycles. The second kappa shape index (κ2) is 5.13. The predicted octanol–water partition coefficient (Wildman–Crippen LogP) is 2.17. The zero-order valence-corrected chi connectivity index (χ0v) is 11.6. The fourth-order valence-corrected chi connectivity index (χ4v) is 2.70. The molecule has 0 unspecified atom stereocenters. The van der Waals surface area contributed by atoms with Crippen molar-refractivity contribution in [1.29, 1.82) is 0 Å². The van der Waals surface area contributed by atoms with Crippen LogP contribution < -0.4 is 10.6 Å². The van der Waals surface area contributed by atoms with Crippen molar-refractivity contribution in [2.24, 2.45) is 0 Å². The molecule has 1 fully saturated rings. The molecule has 1 heterocycles. The zero-order chi connectivity index (χ0) is 13.2. The van der Waals surface area contributed by atoms with E-state index in [-0.39, 0.29) is 0 Å². The molecule has 5 nitrogen and oxygen atoms in total. The van der Waals surface area contributed by atoms with Gasteiger partial charge in [0.15, 0.2) is 5.82 Å². The van der Waals surface area contributed by atoms with Crippen molar-refractivity contribution < 1.29 is 4.74 Å². The monoisotopic (exact) mass is 276 g/mol. The van der Waals surface area contributed by atoms with Crippen LogP contribution in [0.15, 0.2) is 29.4 Å². The Hall–Kier alpha value is -1.69. The molecule has 0 saturated heterocycles. The molecule has 1 aliphatic rings. The lowest BCUT2D eigenvalue weighted by atomic mass is 10.2. The Bertz CT molecular complexity index is 563. The number of nitrogen functional groups attached to an aromatic ring is 1. The maximum absolute atomic E-state index is 6.00. The van der Waals surface area contributed by atoms with Gasteiger partial charge in [-0.15, -0.1) is 10.2 Å². The Labute approximate surface area is 116 Å². The number of benzene rings is 1. The first-order valence-electron chi connectivity index (χ1n) is 6.24. The fraction of sp³-hybridized carbons (Fsp3) is 0.385. The van der Waals surface area contributed by atoms with E-state index >= 15 is 0 Å². The van der Waals surface area contributed by atoms with E-state index < -0.39 is 0 Å². The molecule has 1 aromatic heterocycles.